The first-order valence-corrected chi connectivity index (χ1v) is 11.6. The van der Waals surface area contributed by atoms with Gasteiger partial charge in [-0.1, -0.05) is 62.4 Å². The van der Waals surface area contributed by atoms with Crippen molar-refractivity contribution in [1.82, 2.24) is 10.7 Å². The van der Waals surface area contributed by atoms with E-state index in [1.54, 1.807) is 30.3 Å². The summed E-state index contributed by atoms with van der Waals surface area (Å²) in [6.07, 6.45) is 1.53. The molecule has 0 bridgehead atoms. The molecule has 182 valence electrons. The predicted octanol–water partition coefficient (Wildman–Crippen LogP) is 4.57. The minimum Gasteiger partial charge on any atom is -0.490 e. The molecule has 2 amide bonds. The van der Waals surface area contributed by atoms with E-state index in [2.05, 4.69) is 15.8 Å². The molecule has 0 aromatic heterocycles. The average Bonchev–Trinajstić information content (AvgIpc) is 2.87. The molecule has 0 radical (unpaired) electrons. The summed E-state index contributed by atoms with van der Waals surface area (Å²) in [5, 5.41) is 6.86. The van der Waals surface area contributed by atoms with Gasteiger partial charge in [0.15, 0.2) is 11.5 Å². The molecule has 0 heterocycles. The second-order valence-corrected chi connectivity index (χ2v) is 8.21. The van der Waals surface area contributed by atoms with Crippen LogP contribution in [0.4, 0.5) is 0 Å². The summed E-state index contributed by atoms with van der Waals surface area (Å²) in [5.74, 6) is 0.391. The van der Waals surface area contributed by atoms with Crippen molar-refractivity contribution in [3.63, 3.8) is 0 Å². The van der Waals surface area contributed by atoms with Crippen LogP contribution in [0.2, 0.25) is 0 Å². The second-order valence-electron chi connectivity index (χ2n) is 8.21. The molecule has 0 aliphatic carbocycles. The van der Waals surface area contributed by atoms with Crippen LogP contribution in [0.25, 0.3) is 0 Å². The van der Waals surface area contributed by atoms with E-state index in [1.807, 2.05) is 69.3 Å². The van der Waals surface area contributed by atoms with Gasteiger partial charge in [-0.25, -0.2) is 5.43 Å². The van der Waals surface area contributed by atoms with Gasteiger partial charge < -0.3 is 14.8 Å². The van der Waals surface area contributed by atoms with Crippen molar-refractivity contribution in [1.29, 1.82) is 0 Å². The molecule has 2 N–H and O–H groups in total. The maximum atomic E-state index is 12.7. The number of carbonyl (C=O) groups is 2. The van der Waals surface area contributed by atoms with Crippen molar-refractivity contribution in [2.24, 2.45) is 11.0 Å². The summed E-state index contributed by atoms with van der Waals surface area (Å²) in [5.41, 5.74) is 4.81. The van der Waals surface area contributed by atoms with E-state index in [0.717, 1.165) is 11.1 Å². The number of hydrogen-bond acceptors (Lipinski definition) is 5. The molecule has 0 saturated carbocycles. The Balaban J connectivity index is 1.62. The zero-order valence-electron chi connectivity index (χ0n) is 20.2. The molecule has 3 aromatic rings. The molecular formula is C28H31N3O4. The third-order valence-corrected chi connectivity index (χ3v) is 5.16. The number of carbonyl (C=O) groups excluding carboxylic acids is 2. The quantitative estimate of drug-likeness (QED) is 0.315. The van der Waals surface area contributed by atoms with Gasteiger partial charge in [-0.15, -0.1) is 0 Å². The predicted molar refractivity (Wildman–Crippen MR) is 137 cm³/mol. The first-order valence-electron chi connectivity index (χ1n) is 11.6. The number of benzene rings is 3. The first kappa shape index (κ1) is 25.5. The van der Waals surface area contributed by atoms with Crippen LogP contribution in [-0.4, -0.2) is 30.7 Å². The Labute approximate surface area is 206 Å². The van der Waals surface area contributed by atoms with Gasteiger partial charge in [0.2, 0.25) is 0 Å². The van der Waals surface area contributed by atoms with Crippen LogP contribution in [-0.2, 0) is 11.4 Å². The third-order valence-electron chi connectivity index (χ3n) is 5.16. The Bertz CT molecular complexity index is 1130. The van der Waals surface area contributed by atoms with Gasteiger partial charge in [0.05, 0.1) is 12.8 Å². The molecule has 1 unspecified atom stereocenters. The number of amides is 2. The molecule has 7 heteroatoms. The fraction of sp³-hybridized carbons (Fsp3) is 0.250. The zero-order valence-corrected chi connectivity index (χ0v) is 20.2. The summed E-state index contributed by atoms with van der Waals surface area (Å²) in [4.78, 5) is 25.2. The van der Waals surface area contributed by atoms with Gasteiger partial charge >= 0.3 is 0 Å². The molecule has 1 atom stereocenters. The molecule has 0 aliphatic rings. The van der Waals surface area contributed by atoms with Crippen LogP contribution in [0, 0.1) is 5.92 Å². The lowest BCUT2D eigenvalue weighted by atomic mass is 10.0. The monoisotopic (exact) mass is 473 g/mol. The molecule has 0 fully saturated rings. The Morgan fingerprint density at radius 2 is 1.60 bits per heavy atom. The maximum Gasteiger partial charge on any atom is 0.262 e. The topological polar surface area (TPSA) is 89.0 Å². The van der Waals surface area contributed by atoms with Crippen molar-refractivity contribution in [2.45, 2.75) is 33.4 Å². The van der Waals surface area contributed by atoms with Gasteiger partial charge in [-0.2, -0.15) is 5.10 Å². The van der Waals surface area contributed by atoms with Crippen LogP contribution < -0.4 is 20.2 Å². The number of rotatable bonds is 11. The summed E-state index contributed by atoms with van der Waals surface area (Å²) >= 11 is 0. The first-order chi connectivity index (χ1) is 17.0. The van der Waals surface area contributed by atoms with E-state index in [4.69, 9.17) is 9.47 Å². The highest BCUT2D eigenvalue weighted by atomic mass is 16.5. The van der Waals surface area contributed by atoms with Crippen molar-refractivity contribution in [2.75, 3.05) is 6.61 Å². The average molecular weight is 474 g/mol. The lowest BCUT2D eigenvalue weighted by Crippen LogP contribution is -2.48. The van der Waals surface area contributed by atoms with Crippen LogP contribution in [0.15, 0.2) is 84.0 Å². The van der Waals surface area contributed by atoms with Crippen LogP contribution in [0.5, 0.6) is 11.5 Å². The van der Waals surface area contributed by atoms with Gasteiger partial charge in [0.1, 0.15) is 12.6 Å². The summed E-state index contributed by atoms with van der Waals surface area (Å²) < 4.78 is 11.7. The van der Waals surface area contributed by atoms with E-state index in [0.29, 0.717) is 30.3 Å². The van der Waals surface area contributed by atoms with Crippen molar-refractivity contribution >= 4 is 18.0 Å². The highest BCUT2D eigenvalue weighted by molar-refractivity contribution is 5.97. The summed E-state index contributed by atoms with van der Waals surface area (Å²) in [6, 6.07) is 23.4. The van der Waals surface area contributed by atoms with E-state index >= 15 is 0 Å². The van der Waals surface area contributed by atoms with Crippen LogP contribution >= 0.6 is 0 Å². The zero-order chi connectivity index (χ0) is 25.0. The fourth-order valence-corrected chi connectivity index (χ4v) is 3.32. The third kappa shape index (κ3) is 7.71. The van der Waals surface area contributed by atoms with E-state index in [9.17, 15) is 9.59 Å². The molecule has 0 aliphatic heterocycles. The Kier molecular flexibility index (Phi) is 9.42. The minimum absolute atomic E-state index is 0.122. The molecule has 7 nitrogen and oxygen atoms in total. The molecule has 0 saturated heterocycles. The Hall–Kier alpha value is -4.13. The lowest BCUT2D eigenvalue weighted by Gasteiger charge is -2.20. The van der Waals surface area contributed by atoms with Crippen molar-refractivity contribution in [3.05, 3.63) is 95.6 Å². The summed E-state index contributed by atoms with van der Waals surface area (Å²) in [7, 11) is 0. The largest absolute Gasteiger partial charge is 0.490 e. The molecule has 35 heavy (non-hydrogen) atoms. The van der Waals surface area contributed by atoms with Gasteiger partial charge in [0.25, 0.3) is 11.8 Å². The van der Waals surface area contributed by atoms with Crippen molar-refractivity contribution < 1.29 is 19.1 Å². The fourth-order valence-electron chi connectivity index (χ4n) is 3.32. The smallest absolute Gasteiger partial charge is 0.262 e. The molecule has 3 aromatic carbocycles. The molecule has 3 rings (SSSR count). The molecular weight excluding hydrogens is 442 g/mol. The number of nitrogens with zero attached hydrogens (tertiary/aromatic N) is 1. The normalized spacial score (nSPS) is 11.8. The van der Waals surface area contributed by atoms with Gasteiger partial charge in [0, 0.05) is 5.56 Å². The van der Waals surface area contributed by atoms with E-state index < -0.39 is 11.9 Å². The Morgan fingerprint density at radius 1 is 0.914 bits per heavy atom. The van der Waals surface area contributed by atoms with Gasteiger partial charge in [-0.3, -0.25) is 9.59 Å². The number of hydrazone groups is 1. The van der Waals surface area contributed by atoms with E-state index in [-0.39, 0.29) is 11.8 Å². The number of hydrogen-bond donors (Lipinski definition) is 2. The summed E-state index contributed by atoms with van der Waals surface area (Å²) in [6.45, 7) is 6.53. The maximum absolute atomic E-state index is 12.7. The van der Waals surface area contributed by atoms with Crippen LogP contribution in [0.3, 0.4) is 0 Å². The molecule has 0 spiro atoms. The highest BCUT2D eigenvalue weighted by Crippen LogP contribution is 2.28. The van der Waals surface area contributed by atoms with E-state index in [1.165, 1.54) is 6.21 Å². The number of ether oxygens (including phenoxy) is 2. The standard InChI is InChI=1S/C28H31N3O4/c1-4-34-25-17-22(15-16-24(25)35-19-21-11-7-5-8-12-21)18-29-31-28(33)26(20(2)3)30-27(32)23-13-9-6-10-14-23/h5-18,20,26H,4,19H2,1-3H3,(H,30,32)(H,31,33). The second kappa shape index (κ2) is 12.9. The minimum atomic E-state index is -0.729. The van der Waals surface area contributed by atoms with Crippen LogP contribution in [0.1, 0.15) is 42.3 Å². The number of nitrogens with one attached hydrogen (secondary N) is 2. The van der Waals surface area contributed by atoms with Gasteiger partial charge in [-0.05, 0) is 54.3 Å². The van der Waals surface area contributed by atoms with Crippen molar-refractivity contribution in [3.8, 4) is 11.5 Å². The SMILES string of the molecule is CCOc1cc(C=NNC(=O)C(NC(=O)c2ccccc2)C(C)C)ccc1OCc1ccccc1. The Morgan fingerprint density at radius 3 is 2.26 bits per heavy atom. The highest BCUT2D eigenvalue weighted by Gasteiger charge is 2.24. The lowest BCUT2D eigenvalue weighted by molar-refractivity contribution is -0.123.